The molecular formula is C16H21BrFNO2S. The van der Waals surface area contributed by atoms with Gasteiger partial charge in [0.2, 0.25) is 5.91 Å². The number of nitrogens with one attached hydrogen (secondary N) is 1. The molecule has 0 radical (unpaired) electrons. The van der Waals surface area contributed by atoms with E-state index in [9.17, 15) is 9.18 Å². The van der Waals surface area contributed by atoms with Gasteiger partial charge in [-0.25, -0.2) is 4.39 Å². The average molecular weight is 390 g/mol. The fraction of sp³-hybridized carbons (Fsp3) is 0.500. The van der Waals surface area contributed by atoms with Crippen molar-refractivity contribution in [1.82, 2.24) is 0 Å². The number of rotatable bonds is 4. The Morgan fingerprint density at radius 3 is 2.50 bits per heavy atom. The summed E-state index contributed by atoms with van der Waals surface area (Å²) >= 11 is 8.54. The molecule has 22 heavy (non-hydrogen) atoms. The van der Waals surface area contributed by atoms with Crippen molar-refractivity contribution in [3.05, 3.63) is 28.0 Å². The molecule has 0 fully saturated rings. The third-order valence-electron chi connectivity index (χ3n) is 2.67. The first kappa shape index (κ1) is 19.0. The zero-order valence-electron chi connectivity index (χ0n) is 13.4. The maximum atomic E-state index is 14.0. The molecule has 1 rings (SSSR count). The van der Waals surface area contributed by atoms with Crippen LogP contribution in [0.15, 0.2) is 16.6 Å². The van der Waals surface area contributed by atoms with Crippen LogP contribution in [0.1, 0.15) is 40.2 Å². The maximum absolute atomic E-state index is 14.0. The highest BCUT2D eigenvalue weighted by Crippen LogP contribution is 2.26. The zero-order valence-corrected chi connectivity index (χ0v) is 15.8. The van der Waals surface area contributed by atoms with Gasteiger partial charge in [0, 0.05) is 16.8 Å². The molecule has 0 heterocycles. The van der Waals surface area contributed by atoms with Crippen LogP contribution in [-0.4, -0.2) is 16.6 Å². The fourth-order valence-electron chi connectivity index (χ4n) is 1.64. The van der Waals surface area contributed by atoms with Crippen molar-refractivity contribution in [2.75, 3.05) is 5.32 Å². The SMILES string of the molecule is CC(C)C(=O)Nc1cc(CC(=S)OC(C)(C)C)c(Br)cc1F. The third-order valence-corrected chi connectivity index (χ3v) is 3.64. The molecule has 6 heteroatoms. The van der Waals surface area contributed by atoms with E-state index in [1.807, 2.05) is 20.8 Å². The molecule has 0 bridgehead atoms. The average Bonchev–Trinajstić information content (AvgIpc) is 2.32. The van der Waals surface area contributed by atoms with E-state index in [0.717, 1.165) is 5.56 Å². The number of carbonyl (C=O) groups is 1. The molecule has 0 spiro atoms. The second-order valence-electron chi connectivity index (χ2n) is 6.33. The molecule has 1 aromatic rings. The van der Waals surface area contributed by atoms with Crippen LogP contribution >= 0.6 is 28.1 Å². The van der Waals surface area contributed by atoms with Gasteiger partial charge in [-0.1, -0.05) is 29.8 Å². The number of carbonyl (C=O) groups excluding carboxylic acids is 1. The number of anilines is 1. The normalized spacial score (nSPS) is 11.5. The number of hydrogen-bond acceptors (Lipinski definition) is 3. The van der Waals surface area contributed by atoms with Crippen molar-refractivity contribution in [3.8, 4) is 0 Å². The van der Waals surface area contributed by atoms with Gasteiger partial charge in [0.25, 0.3) is 0 Å². The van der Waals surface area contributed by atoms with E-state index in [-0.39, 0.29) is 23.1 Å². The van der Waals surface area contributed by atoms with E-state index in [2.05, 4.69) is 21.2 Å². The number of benzene rings is 1. The Morgan fingerprint density at radius 2 is 2.00 bits per heavy atom. The van der Waals surface area contributed by atoms with Crippen LogP contribution in [0.3, 0.4) is 0 Å². The van der Waals surface area contributed by atoms with Crippen LogP contribution in [-0.2, 0) is 16.0 Å². The Balaban J connectivity index is 2.96. The molecule has 0 aliphatic rings. The molecule has 0 aliphatic heterocycles. The molecule has 0 unspecified atom stereocenters. The smallest absolute Gasteiger partial charge is 0.227 e. The lowest BCUT2D eigenvalue weighted by atomic mass is 10.1. The van der Waals surface area contributed by atoms with Crippen molar-refractivity contribution in [2.24, 2.45) is 5.92 Å². The van der Waals surface area contributed by atoms with Crippen LogP contribution in [0, 0.1) is 11.7 Å². The molecule has 1 amide bonds. The molecule has 1 aromatic carbocycles. The summed E-state index contributed by atoms with van der Waals surface area (Å²) in [4.78, 5) is 11.7. The lowest BCUT2D eigenvalue weighted by molar-refractivity contribution is -0.118. The summed E-state index contributed by atoms with van der Waals surface area (Å²) in [5.74, 6) is -0.954. The van der Waals surface area contributed by atoms with Crippen LogP contribution in [0.4, 0.5) is 10.1 Å². The first-order valence-corrected chi connectivity index (χ1v) is 8.20. The van der Waals surface area contributed by atoms with Gasteiger partial charge in [-0.15, -0.1) is 0 Å². The summed E-state index contributed by atoms with van der Waals surface area (Å²) in [6.45, 7) is 9.23. The lowest BCUT2D eigenvalue weighted by Crippen LogP contribution is -2.24. The Labute approximate surface area is 144 Å². The number of ether oxygens (including phenoxy) is 1. The number of halogens is 2. The molecule has 122 valence electrons. The molecule has 0 saturated carbocycles. The minimum Gasteiger partial charge on any atom is -0.481 e. The number of amides is 1. The van der Waals surface area contributed by atoms with Gasteiger partial charge in [0.15, 0.2) is 5.05 Å². The Bertz CT molecular complexity index is 582. The van der Waals surface area contributed by atoms with E-state index in [1.165, 1.54) is 6.07 Å². The van der Waals surface area contributed by atoms with Crippen LogP contribution in [0.2, 0.25) is 0 Å². The molecule has 0 aliphatic carbocycles. The number of thiocarbonyl (C=S) groups is 1. The topological polar surface area (TPSA) is 38.3 Å². The summed E-state index contributed by atoms with van der Waals surface area (Å²) in [5, 5.41) is 3.00. The molecular weight excluding hydrogens is 369 g/mol. The standard InChI is InChI=1S/C16H21BrFNO2S/c1-9(2)15(20)19-13-6-10(11(17)8-12(13)18)7-14(22)21-16(3,4)5/h6,8-9H,7H2,1-5H3,(H,19,20). The van der Waals surface area contributed by atoms with E-state index >= 15 is 0 Å². The zero-order chi connectivity index (χ0) is 17.1. The van der Waals surface area contributed by atoms with E-state index in [4.69, 9.17) is 17.0 Å². The first-order valence-electron chi connectivity index (χ1n) is 7.00. The third kappa shape index (κ3) is 6.01. The van der Waals surface area contributed by atoms with Gasteiger partial charge in [0.1, 0.15) is 11.4 Å². The molecule has 0 atom stereocenters. The quantitative estimate of drug-likeness (QED) is 0.746. The van der Waals surface area contributed by atoms with Crippen molar-refractivity contribution in [2.45, 2.75) is 46.6 Å². The second-order valence-corrected chi connectivity index (χ2v) is 7.64. The van der Waals surface area contributed by atoms with Gasteiger partial charge in [-0.05, 0) is 50.7 Å². The Morgan fingerprint density at radius 1 is 1.41 bits per heavy atom. The van der Waals surface area contributed by atoms with Crippen LogP contribution in [0.5, 0.6) is 0 Å². The maximum Gasteiger partial charge on any atom is 0.227 e. The fourth-order valence-corrected chi connectivity index (χ4v) is 2.50. The van der Waals surface area contributed by atoms with Crippen LogP contribution < -0.4 is 5.32 Å². The first-order chi connectivity index (χ1) is 9.99. The van der Waals surface area contributed by atoms with Crippen molar-refractivity contribution in [1.29, 1.82) is 0 Å². The van der Waals surface area contributed by atoms with Gasteiger partial charge >= 0.3 is 0 Å². The van der Waals surface area contributed by atoms with Crippen molar-refractivity contribution in [3.63, 3.8) is 0 Å². The van der Waals surface area contributed by atoms with E-state index in [0.29, 0.717) is 15.9 Å². The van der Waals surface area contributed by atoms with E-state index < -0.39 is 5.82 Å². The number of hydrogen-bond donors (Lipinski definition) is 1. The van der Waals surface area contributed by atoms with Gasteiger partial charge < -0.3 is 10.1 Å². The highest BCUT2D eigenvalue weighted by molar-refractivity contribution is 9.10. The highest BCUT2D eigenvalue weighted by atomic mass is 79.9. The molecule has 0 aromatic heterocycles. The highest BCUT2D eigenvalue weighted by Gasteiger charge is 2.17. The minimum atomic E-state index is -0.493. The van der Waals surface area contributed by atoms with Crippen molar-refractivity contribution < 1.29 is 13.9 Å². The monoisotopic (exact) mass is 389 g/mol. The summed E-state index contributed by atoms with van der Waals surface area (Å²) in [6.07, 6.45) is 0.359. The summed E-state index contributed by atoms with van der Waals surface area (Å²) in [6, 6.07) is 2.91. The molecule has 0 saturated heterocycles. The summed E-state index contributed by atoms with van der Waals surface area (Å²) in [7, 11) is 0. The lowest BCUT2D eigenvalue weighted by Gasteiger charge is -2.22. The molecule has 1 N–H and O–H groups in total. The largest absolute Gasteiger partial charge is 0.481 e. The second kappa shape index (κ2) is 7.51. The van der Waals surface area contributed by atoms with Crippen molar-refractivity contribution >= 4 is 44.8 Å². The Kier molecular flexibility index (Phi) is 6.50. The van der Waals surface area contributed by atoms with Gasteiger partial charge in [0.05, 0.1) is 5.69 Å². The predicted octanol–water partition coefficient (Wildman–Crippen LogP) is 4.87. The van der Waals surface area contributed by atoms with E-state index in [1.54, 1.807) is 19.9 Å². The van der Waals surface area contributed by atoms with Gasteiger partial charge in [-0.3, -0.25) is 4.79 Å². The predicted molar refractivity (Wildman–Crippen MR) is 94.7 cm³/mol. The summed E-state index contributed by atoms with van der Waals surface area (Å²) in [5.41, 5.74) is 0.531. The Hall–Kier alpha value is -1.01. The molecule has 3 nitrogen and oxygen atoms in total. The minimum absolute atomic E-state index is 0.149. The van der Waals surface area contributed by atoms with Crippen LogP contribution in [0.25, 0.3) is 0 Å². The summed E-state index contributed by atoms with van der Waals surface area (Å²) < 4.78 is 20.2. The van der Waals surface area contributed by atoms with Gasteiger partial charge in [-0.2, -0.15) is 0 Å².